The third kappa shape index (κ3) is 4.32. The van der Waals surface area contributed by atoms with E-state index in [0.717, 1.165) is 50.5 Å². The van der Waals surface area contributed by atoms with Crippen molar-refractivity contribution in [1.82, 2.24) is 9.88 Å². The standard InChI is InChI=1S/C23H30N4O3S/c1-23(2,3)31(29,30)21-9-8-19(16-24-21)26-14-12-25(13-15-26)17-22(28)27-11-10-18-6-4-5-7-20(18)27/h4-9,16H,10-15,17H2,1-3H3. The van der Waals surface area contributed by atoms with Crippen molar-refractivity contribution in [3.63, 3.8) is 0 Å². The van der Waals surface area contributed by atoms with Gasteiger partial charge in [-0.15, -0.1) is 0 Å². The van der Waals surface area contributed by atoms with Gasteiger partial charge in [0.15, 0.2) is 14.9 Å². The number of nitrogens with zero attached hydrogens (tertiary/aromatic N) is 4. The Hall–Kier alpha value is -2.45. The van der Waals surface area contributed by atoms with Crippen LogP contribution in [0, 0.1) is 0 Å². The monoisotopic (exact) mass is 442 g/mol. The number of benzene rings is 1. The number of carbonyl (C=O) groups excluding carboxylic acids is 1. The second-order valence-electron chi connectivity index (χ2n) is 9.16. The molecule has 31 heavy (non-hydrogen) atoms. The topological polar surface area (TPSA) is 73.8 Å². The molecule has 2 aliphatic heterocycles. The first kappa shape index (κ1) is 21.8. The minimum Gasteiger partial charge on any atom is -0.368 e. The first-order chi connectivity index (χ1) is 14.7. The Balaban J connectivity index is 1.34. The lowest BCUT2D eigenvalue weighted by atomic mass is 10.2. The van der Waals surface area contributed by atoms with E-state index in [1.54, 1.807) is 33.0 Å². The Labute approximate surface area is 184 Å². The number of para-hydroxylation sites is 1. The lowest BCUT2D eigenvalue weighted by Crippen LogP contribution is -2.50. The molecule has 0 spiro atoms. The SMILES string of the molecule is CC(C)(C)S(=O)(=O)c1ccc(N2CCN(CC(=O)N3CCc4ccccc43)CC2)cn1. The minimum atomic E-state index is -3.46. The van der Waals surface area contributed by atoms with Gasteiger partial charge in [-0.25, -0.2) is 13.4 Å². The van der Waals surface area contributed by atoms with Crippen LogP contribution >= 0.6 is 0 Å². The Bertz CT molecular complexity index is 1050. The molecule has 3 heterocycles. The zero-order chi connectivity index (χ0) is 22.2. The number of amides is 1. The van der Waals surface area contributed by atoms with Crippen molar-refractivity contribution >= 4 is 27.1 Å². The highest BCUT2D eigenvalue weighted by Crippen LogP contribution is 2.28. The molecule has 4 rings (SSSR count). The molecule has 7 nitrogen and oxygen atoms in total. The van der Waals surface area contributed by atoms with Crippen LogP contribution in [0.4, 0.5) is 11.4 Å². The molecule has 0 bridgehead atoms. The molecule has 2 aliphatic rings. The van der Waals surface area contributed by atoms with Gasteiger partial charge in [-0.05, 0) is 51.0 Å². The predicted octanol–water partition coefficient (Wildman–Crippen LogP) is 2.37. The lowest BCUT2D eigenvalue weighted by Gasteiger charge is -2.36. The lowest BCUT2D eigenvalue weighted by molar-refractivity contribution is -0.119. The molecule has 2 aromatic rings. The molecule has 1 amide bonds. The highest BCUT2D eigenvalue weighted by Gasteiger charge is 2.32. The molecule has 1 aromatic carbocycles. The smallest absolute Gasteiger partial charge is 0.241 e. The van der Waals surface area contributed by atoms with E-state index in [0.29, 0.717) is 6.54 Å². The van der Waals surface area contributed by atoms with E-state index in [-0.39, 0.29) is 10.9 Å². The molecule has 0 unspecified atom stereocenters. The molecule has 1 saturated heterocycles. The molecule has 8 heteroatoms. The molecular formula is C23H30N4O3S. The molecule has 0 atom stereocenters. The number of pyridine rings is 1. The molecule has 0 radical (unpaired) electrons. The van der Waals surface area contributed by atoms with Crippen LogP contribution in [0.5, 0.6) is 0 Å². The van der Waals surface area contributed by atoms with Gasteiger partial charge in [-0.3, -0.25) is 9.69 Å². The van der Waals surface area contributed by atoms with Gasteiger partial charge in [-0.2, -0.15) is 0 Å². The number of sulfone groups is 1. The van der Waals surface area contributed by atoms with Crippen LogP contribution in [-0.2, 0) is 21.1 Å². The second-order valence-corrected chi connectivity index (χ2v) is 11.8. The molecule has 166 valence electrons. The molecular weight excluding hydrogens is 412 g/mol. The van der Waals surface area contributed by atoms with Crippen molar-refractivity contribution in [3.05, 3.63) is 48.2 Å². The van der Waals surface area contributed by atoms with E-state index < -0.39 is 14.6 Å². The minimum absolute atomic E-state index is 0.110. The highest BCUT2D eigenvalue weighted by atomic mass is 32.2. The fourth-order valence-electron chi connectivity index (χ4n) is 4.07. The van der Waals surface area contributed by atoms with Crippen LogP contribution in [0.2, 0.25) is 0 Å². The zero-order valence-electron chi connectivity index (χ0n) is 18.4. The summed E-state index contributed by atoms with van der Waals surface area (Å²) in [5.41, 5.74) is 3.19. The summed E-state index contributed by atoms with van der Waals surface area (Å²) in [5, 5.41) is 0.110. The van der Waals surface area contributed by atoms with Crippen molar-refractivity contribution in [2.75, 3.05) is 49.1 Å². The summed E-state index contributed by atoms with van der Waals surface area (Å²) in [4.78, 5) is 23.3. The van der Waals surface area contributed by atoms with Crippen LogP contribution in [0.1, 0.15) is 26.3 Å². The second kappa shape index (κ2) is 8.24. The Morgan fingerprint density at radius 3 is 2.35 bits per heavy atom. The van der Waals surface area contributed by atoms with Crippen molar-refractivity contribution in [1.29, 1.82) is 0 Å². The molecule has 0 saturated carbocycles. The van der Waals surface area contributed by atoms with Crippen molar-refractivity contribution in [3.8, 4) is 0 Å². The molecule has 1 aromatic heterocycles. The number of rotatable bonds is 4. The third-order valence-electron chi connectivity index (χ3n) is 6.09. The Kier molecular flexibility index (Phi) is 5.79. The highest BCUT2D eigenvalue weighted by molar-refractivity contribution is 7.92. The first-order valence-corrected chi connectivity index (χ1v) is 12.2. The van der Waals surface area contributed by atoms with Crippen molar-refractivity contribution < 1.29 is 13.2 Å². The van der Waals surface area contributed by atoms with Crippen LogP contribution in [0.25, 0.3) is 0 Å². The Morgan fingerprint density at radius 2 is 1.71 bits per heavy atom. The number of hydrogen-bond acceptors (Lipinski definition) is 6. The summed E-state index contributed by atoms with van der Waals surface area (Å²) in [6, 6.07) is 11.5. The van der Waals surface area contributed by atoms with Gasteiger partial charge in [0.25, 0.3) is 0 Å². The van der Waals surface area contributed by atoms with Crippen LogP contribution in [0.3, 0.4) is 0 Å². The van der Waals surface area contributed by atoms with Gasteiger partial charge in [0, 0.05) is 38.4 Å². The Morgan fingerprint density at radius 1 is 1.00 bits per heavy atom. The fraction of sp³-hybridized carbons (Fsp3) is 0.478. The van der Waals surface area contributed by atoms with Gasteiger partial charge < -0.3 is 9.80 Å². The number of carbonyl (C=O) groups is 1. The fourth-order valence-corrected chi connectivity index (χ4v) is 5.14. The summed E-state index contributed by atoms with van der Waals surface area (Å²) in [6.07, 6.45) is 2.56. The van der Waals surface area contributed by atoms with Gasteiger partial charge in [-0.1, -0.05) is 18.2 Å². The van der Waals surface area contributed by atoms with E-state index in [1.165, 1.54) is 5.56 Å². The van der Waals surface area contributed by atoms with E-state index in [9.17, 15) is 13.2 Å². The van der Waals surface area contributed by atoms with Crippen molar-refractivity contribution in [2.45, 2.75) is 37.0 Å². The van der Waals surface area contributed by atoms with E-state index >= 15 is 0 Å². The van der Waals surface area contributed by atoms with E-state index in [2.05, 4.69) is 20.9 Å². The number of hydrogen-bond donors (Lipinski definition) is 0. The molecule has 1 fully saturated rings. The van der Waals surface area contributed by atoms with Crippen LogP contribution in [-0.4, -0.2) is 68.2 Å². The van der Waals surface area contributed by atoms with Crippen LogP contribution in [0.15, 0.2) is 47.6 Å². The first-order valence-electron chi connectivity index (χ1n) is 10.7. The summed E-state index contributed by atoms with van der Waals surface area (Å²) in [7, 11) is -3.46. The number of piperazine rings is 1. The van der Waals surface area contributed by atoms with E-state index in [1.807, 2.05) is 29.2 Å². The summed E-state index contributed by atoms with van der Waals surface area (Å²) in [5.74, 6) is 0.150. The van der Waals surface area contributed by atoms with Gasteiger partial charge in [0.1, 0.15) is 0 Å². The van der Waals surface area contributed by atoms with Gasteiger partial charge in [0.05, 0.1) is 23.2 Å². The zero-order valence-corrected chi connectivity index (χ0v) is 19.2. The van der Waals surface area contributed by atoms with Gasteiger partial charge >= 0.3 is 0 Å². The average Bonchev–Trinajstić information content (AvgIpc) is 3.18. The maximum Gasteiger partial charge on any atom is 0.241 e. The number of aromatic nitrogens is 1. The normalized spacial score (nSPS) is 17.6. The number of anilines is 2. The van der Waals surface area contributed by atoms with Crippen molar-refractivity contribution in [2.24, 2.45) is 0 Å². The van der Waals surface area contributed by atoms with Gasteiger partial charge in [0.2, 0.25) is 5.91 Å². The third-order valence-corrected chi connectivity index (χ3v) is 8.49. The van der Waals surface area contributed by atoms with Crippen LogP contribution < -0.4 is 9.80 Å². The maximum atomic E-state index is 12.8. The summed E-state index contributed by atoms with van der Waals surface area (Å²) in [6.45, 7) is 9.33. The quantitative estimate of drug-likeness (QED) is 0.724. The predicted molar refractivity (Wildman–Crippen MR) is 122 cm³/mol. The maximum absolute atomic E-state index is 12.8. The molecule has 0 N–H and O–H groups in total. The average molecular weight is 443 g/mol. The van der Waals surface area contributed by atoms with E-state index in [4.69, 9.17) is 0 Å². The largest absolute Gasteiger partial charge is 0.368 e. The summed E-state index contributed by atoms with van der Waals surface area (Å²) >= 11 is 0. The molecule has 0 aliphatic carbocycles. The number of fused-ring (bicyclic) bond motifs is 1. The summed E-state index contributed by atoms with van der Waals surface area (Å²) < 4.78 is 24.2.